The zero-order valence-electron chi connectivity index (χ0n) is 18.1. The SMILES string of the molecule is CCCCN(C)C(=O)Cn1c(=O)oc2cc(S(=O)(=O)N3C[C@@H](C)C[C@H](C)C3)ccc21. The molecule has 1 aliphatic rings. The molecular formula is C21H31N3O5S. The Kier molecular flexibility index (Phi) is 6.71. The van der Waals surface area contributed by atoms with Gasteiger partial charge in [0.25, 0.3) is 0 Å². The quantitative estimate of drug-likeness (QED) is 0.664. The number of aromatic nitrogens is 1. The van der Waals surface area contributed by atoms with Crippen LogP contribution in [0.3, 0.4) is 0 Å². The van der Waals surface area contributed by atoms with Crippen molar-refractivity contribution in [2.75, 3.05) is 26.7 Å². The van der Waals surface area contributed by atoms with Crippen molar-refractivity contribution in [3.8, 4) is 0 Å². The number of benzene rings is 1. The first-order valence-electron chi connectivity index (χ1n) is 10.5. The monoisotopic (exact) mass is 437 g/mol. The predicted molar refractivity (Wildman–Crippen MR) is 115 cm³/mol. The van der Waals surface area contributed by atoms with Crippen molar-refractivity contribution in [3.63, 3.8) is 0 Å². The van der Waals surface area contributed by atoms with Gasteiger partial charge in [0.1, 0.15) is 6.54 Å². The number of unbranched alkanes of at least 4 members (excludes halogenated alkanes) is 1. The molecule has 2 aromatic rings. The lowest BCUT2D eigenvalue weighted by atomic mass is 9.94. The zero-order valence-corrected chi connectivity index (χ0v) is 18.9. The summed E-state index contributed by atoms with van der Waals surface area (Å²) in [5.41, 5.74) is 0.583. The highest BCUT2D eigenvalue weighted by molar-refractivity contribution is 7.89. The maximum absolute atomic E-state index is 13.1. The number of rotatable bonds is 7. The van der Waals surface area contributed by atoms with E-state index in [1.54, 1.807) is 18.0 Å². The molecule has 1 fully saturated rings. The molecule has 30 heavy (non-hydrogen) atoms. The first-order valence-corrected chi connectivity index (χ1v) is 11.9. The lowest BCUT2D eigenvalue weighted by molar-refractivity contribution is -0.130. The number of oxazole rings is 1. The Morgan fingerprint density at radius 3 is 2.53 bits per heavy atom. The van der Waals surface area contributed by atoms with Crippen molar-refractivity contribution in [2.45, 2.75) is 51.5 Å². The summed E-state index contributed by atoms with van der Waals surface area (Å²) in [4.78, 5) is 26.4. The van der Waals surface area contributed by atoms with Crippen LogP contribution in [0.2, 0.25) is 0 Å². The van der Waals surface area contributed by atoms with Crippen molar-refractivity contribution in [2.24, 2.45) is 11.8 Å². The molecule has 1 amide bonds. The minimum atomic E-state index is -3.68. The third kappa shape index (κ3) is 4.62. The Morgan fingerprint density at radius 2 is 1.90 bits per heavy atom. The van der Waals surface area contributed by atoms with Crippen LogP contribution in [0, 0.1) is 11.8 Å². The van der Waals surface area contributed by atoms with Crippen LogP contribution in [0.4, 0.5) is 0 Å². The minimum absolute atomic E-state index is 0.101. The number of carbonyl (C=O) groups is 1. The highest BCUT2D eigenvalue weighted by Crippen LogP contribution is 2.28. The van der Waals surface area contributed by atoms with E-state index in [1.165, 1.54) is 21.0 Å². The van der Waals surface area contributed by atoms with Gasteiger partial charge in [-0.1, -0.05) is 27.2 Å². The van der Waals surface area contributed by atoms with Gasteiger partial charge in [-0.15, -0.1) is 0 Å². The minimum Gasteiger partial charge on any atom is -0.408 e. The van der Waals surface area contributed by atoms with Crippen LogP contribution in [-0.2, 0) is 21.4 Å². The zero-order chi connectivity index (χ0) is 22.1. The third-order valence-electron chi connectivity index (χ3n) is 5.68. The van der Waals surface area contributed by atoms with Gasteiger partial charge in [-0.3, -0.25) is 9.36 Å². The Bertz CT molecular complexity index is 1060. The average molecular weight is 438 g/mol. The van der Waals surface area contributed by atoms with Crippen LogP contribution in [-0.4, -0.2) is 54.8 Å². The molecule has 1 aromatic carbocycles. The van der Waals surface area contributed by atoms with Gasteiger partial charge < -0.3 is 9.32 Å². The summed E-state index contributed by atoms with van der Waals surface area (Å²) in [5.74, 6) is -0.276. The molecule has 1 aliphatic heterocycles. The standard InChI is InChI=1S/C21H31N3O5S/c1-5-6-9-22(4)20(25)14-24-18-8-7-17(11-19(18)29-21(24)26)30(27,28)23-12-15(2)10-16(3)13-23/h7-8,11,15-16H,5-6,9-10,12-14H2,1-4H3/t15-,16-/m0/s1. The molecule has 8 nitrogen and oxygen atoms in total. The largest absolute Gasteiger partial charge is 0.420 e. The van der Waals surface area contributed by atoms with Crippen LogP contribution >= 0.6 is 0 Å². The van der Waals surface area contributed by atoms with E-state index in [2.05, 4.69) is 13.8 Å². The van der Waals surface area contributed by atoms with Gasteiger partial charge in [0.2, 0.25) is 15.9 Å². The molecule has 2 heterocycles. The van der Waals surface area contributed by atoms with E-state index in [1.807, 2.05) is 6.92 Å². The third-order valence-corrected chi connectivity index (χ3v) is 7.51. The molecule has 1 saturated heterocycles. The second kappa shape index (κ2) is 8.93. The van der Waals surface area contributed by atoms with E-state index in [0.29, 0.717) is 37.0 Å². The van der Waals surface area contributed by atoms with E-state index < -0.39 is 15.8 Å². The topological polar surface area (TPSA) is 92.8 Å². The molecule has 3 rings (SSSR count). The number of piperidine rings is 1. The van der Waals surface area contributed by atoms with Crippen LogP contribution in [0.1, 0.15) is 40.0 Å². The van der Waals surface area contributed by atoms with E-state index in [0.717, 1.165) is 19.3 Å². The molecule has 0 saturated carbocycles. The van der Waals surface area contributed by atoms with Gasteiger partial charge in [0.15, 0.2) is 5.58 Å². The number of fused-ring (bicyclic) bond motifs is 1. The highest BCUT2D eigenvalue weighted by Gasteiger charge is 2.32. The van der Waals surface area contributed by atoms with Crippen LogP contribution < -0.4 is 5.76 Å². The summed E-state index contributed by atoms with van der Waals surface area (Å²) in [6, 6.07) is 4.42. The fraction of sp³-hybridized carbons (Fsp3) is 0.619. The smallest absolute Gasteiger partial charge is 0.408 e. The van der Waals surface area contributed by atoms with E-state index >= 15 is 0 Å². The fourth-order valence-corrected chi connectivity index (χ4v) is 5.78. The maximum Gasteiger partial charge on any atom is 0.420 e. The van der Waals surface area contributed by atoms with Crippen LogP contribution in [0.5, 0.6) is 0 Å². The van der Waals surface area contributed by atoms with Crippen molar-refractivity contribution in [3.05, 3.63) is 28.7 Å². The molecule has 9 heteroatoms. The van der Waals surface area contributed by atoms with E-state index in [-0.39, 0.29) is 22.9 Å². The Balaban J connectivity index is 1.88. The molecule has 0 aliphatic carbocycles. The van der Waals surface area contributed by atoms with Crippen molar-refractivity contribution in [1.82, 2.24) is 13.8 Å². The number of amides is 1. The van der Waals surface area contributed by atoms with E-state index in [4.69, 9.17) is 4.42 Å². The van der Waals surface area contributed by atoms with Gasteiger partial charge in [-0.2, -0.15) is 4.31 Å². The van der Waals surface area contributed by atoms with Gasteiger partial charge in [0.05, 0.1) is 10.4 Å². The number of likely N-dealkylation sites (N-methyl/N-ethyl adjacent to an activating group) is 1. The molecule has 0 radical (unpaired) electrons. The molecular weight excluding hydrogens is 406 g/mol. The first kappa shape index (κ1) is 22.6. The summed E-state index contributed by atoms with van der Waals surface area (Å²) in [6.07, 6.45) is 2.86. The summed E-state index contributed by atoms with van der Waals surface area (Å²) in [7, 11) is -1.98. The molecule has 166 valence electrons. The lowest BCUT2D eigenvalue weighted by Gasteiger charge is -2.34. The number of hydrogen-bond acceptors (Lipinski definition) is 5. The van der Waals surface area contributed by atoms with Gasteiger partial charge in [-0.25, -0.2) is 13.2 Å². The molecule has 0 unspecified atom stereocenters. The summed E-state index contributed by atoms with van der Waals surface area (Å²) < 4.78 is 34.3. The summed E-state index contributed by atoms with van der Waals surface area (Å²) >= 11 is 0. The molecule has 1 aromatic heterocycles. The Labute approximate surface area is 177 Å². The molecule has 0 N–H and O–H groups in total. The molecule has 0 spiro atoms. The van der Waals surface area contributed by atoms with Crippen LogP contribution in [0.15, 0.2) is 32.3 Å². The highest BCUT2D eigenvalue weighted by atomic mass is 32.2. The van der Waals surface area contributed by atoms with Crippen molar-refractivity contribution >= 4 is 27.0 Å². The average Bonchev–Trinajstić information content (AvgIpc) is 2.99. The summed E-state index contributed by atoms with van der Waals surface area (Å²) in [5, 5.41) is 0. The van der Waals surface area contributed by atoms with Gasteiger partial charge >= 0.3 is 5.76 Å². The first-order chi connectivity index (χ1) is 14.1. The van der Waals surface area contributed by atoms with Crippen molar-refractivity contribution in [1.29, 1.82) is 0 Å². The molecule has 0 bridgehead atoms. The van der Waals surface area contributed by atoms with E-state index in [9.17, 15) is 18.0 Å². The number of nitrogens with zero attached hydrogens (tertiary/aromatic N) is 3. The lowest BCUT2D eigenvalue weighted by Crippen LogP contribution is -2.42. The number of hydrogen-bond donors (Lipinski definition) is 0. The van der Waals surface area contributed by atoms with Gasteiger partial charge in [0, 0.05) is 32.7 Å². The fourth-order valence-electron chi connectivity index (χ4n) is 4.08. The van der Waals surface area contributed by atoms with Crippen LogP contribution in [0.25, 0.3) is 11.1 Å². The number of sulfonamides is 1. The van der Waals surface area contributed by atoms with Gasteiger partial charge in [-0.05, 0) is 36.8 Å². The Morgan fingerprint density at radius 1 is 1.23 bits per heavy atom. The second-order valence-electron chi connectivity index (χ2n) is 8.52. The predicted octanol–water partition coefficient (Wildman–Crippen LogP) is 2.52. The normalized spacial score (nSPS) is 20.5. The molecule has 2 atom stereocenters. The number of carbonyl (C=O) groups excluding carboxylic acids is 1. The maximum atomic E-state index is 13.1. The second-order valence-corrected chi connectivity index (χ2v) is 10.5. The Hall–Kier alpha value is -2.13. The van der Waals surface area contributed by atoms with Crippen molar-refractivity contribution < 1.29 is 17.6 Å². The summed E-state index contributed by atoms with van der Waals surface area (Å²) in [6.45, 7) is 7.59.